The van der Waals surface area contributed by atoms with Crippen molar-refractivity contribution in [2.24, 2.45) is 0 Å². The molecule has 154 valence electrons. The van der Waals surface area contributed by atoms with Crippen LogP contribution in [-0.2, 0) is 0 Å². The van der Waals surface area contributed by atoms with Gasteiger partial charge in [-0.1, -0.05) is 60.2 Å². The second-order valence-electron chi connectivity index (χ2n) is 7.73. The van der Waals surface area contributed by atoms with Crippen LogP contribution in [0.15, 0.2) is 72.8 Å². The number of hydrogen-bond donors (Lipinski definition) is 0. The Balaban J connectivity index is 0.000000133. The van der Waals surface area contributed by atoms with E-state index >= 15 is 0 Å². The van der Waals surface area contributed by atoms with Crippen LogP contribution in [0.3, 0.4) is 0 Å². The van der Waals surface area contributed by atoms with Gasteiger partial charge in [0.25, 0.3) is 0 Å². The van der Waals surface area contributed by atoms with Crippen molar-refractivity contribution in [1.82, 2.24) is 0 Å². The van der Waals surface area contributed by atoms with Gasteiger partial charge in [-0.3, -0.25) is 0 Å². The molecule has 0 saturated heterocycles. The molecule has 0 spiro atoms. The molecule has 0 amide bonds. The molecular formula is C28H30S2. The number of aryl methyl sites for hydroxylation is 6. The number of fused-ring (bicyclic) bond motifs is 2. The van der Waals surface area contributed by atoms with Crippen molar-refractivity contribution in [1.29, 1.82) is 0 Å². The molecule has 0 atom stereocenters. The molecule has 0 aliphatic rings. The predicted molar refractivity (Wildman–Crippen MR) is 139 cm³/mol. The molecule has 5 aromatic rings. The molecule has 0 aliphatic carbocycles. The van der Waals surface area contributed by atoms with Crippen LogP contribution in [0.1, 0.15) is 32.0 Å². The van der Waals surface area contributed by atoms with Crippen LogP contribution in [0.4, 0.5) is 0 Å². The van der Waals surface area contributed by atoms with Gasteiger partial charge in [0.1, 0.15) is 0 Å². The summed E-state index contributed by atoms with van der Waals surface area (Å²) in [7, 11) is 0. The number of hydrogen-bond acceptors (Lipinski definition) is 2. The lowest BCUT2D eigenvalue weighted by molar-refractivity contribution is 1.44. The van der Waals surface area contributed by atoms with Crippen LogP contribution in [0.25, 0.3) is 20.2 Å². The van der Waals surface area contributed by atoms with E-state index in [0.29, 0.717) is 0 Å². The fourth-order valence-electron chi connectivity index (χ4n) is 3.49. The summed E-state index contributed by atoms with van der Waals surface area (Å²) < 4.78 is 2.83. The van der Waals surface area contributed by atoms with E-state index in [1.165, 1.54) is 52.2 Å². The topological polar surface area (TPSA) is 0 Å². The lowest BCUT2D eigenvalue weighted by atomic mass is 10.1. The Morgan fingerprint density at radius 1 is 0.567 bits per heavy atom. The average Bonchev–Trinajstić information content (AvgIpc) is 3.24. The zero-order valence-electron chi connectivity index (χ0n) is 18.7. The van der Waals surface area contributed by atoms with Gasteiger partial charge < -0.3 is 0 Å². The van der Waals surface area contributed by atoms with Crippen molar-refractivity contribution < 1.29 is 0 Å². The van der Waals surface area contributed by atoms with E-state index < -0.39 is 0 Å². The molecule has 2 heterocycles. The molecule has 0 fully saturated rings. The second-order valence-corrected chi connectivity index (χ2v) is 10.3. The number of benzene rings is 3. The van der Waals surface area contributed by atoms with E-state index in [2.05, 4.69) is 96.1 Å². The van der Waals surface area contributed by atoms with Crippen molar-refractivity contribution in [3.8, 4) is 0 Å². The van der Waals surface area contributed by atoms with Gasteiger partial charge in [0, 0.05) is 19.2 Å². The van der Waals surface area contributed by atoms with Crippen LogP contribution < -0.4 is 0 Å². The van der Waals surface area contributed by atoms with E-state index in [4.69, 9.17) is 0 Å². The summed E-state index contributed by atoms with van der Waals surface area (Å²) in [5.41, 5.74) is 5.55. The van der Waals surface area contributed by atoms with Crippen molar-refractivity contribution in [2.45, 2.75) is 41.5 Å². The van der Waals surface area contributed by atoms with Crippen LogP contribution in [0.2, 0.25) is 0 Å². The van der Waals surface area contributed by atoms with E-state index in [0.717, 1.165) is 0 Å². The van der Waals surface area contributed by atoms with Gasteiger partial charge in [0.2, 0.25) is 0 Å². The Morgan fingerprint density at radius 3 is 1.77 bits per heavy atom. The summed E-state index contributed by atoms with van der Waals surface area (Å²) in [6.45, 7) is 13.0. The van der Waals surface area contributed by atoms with Crippen molar-refractivity contribution in [2.75, 3.05) is 0 Å². The minimum Gasteiger partial charge on any atom is -0.141 e. The summed E-state index contributed by atoms with van der Waals surface area (Å²) in [5.74, 6) is 0. The van der Waals surface area contributed by atoms with E-state index in [9.17, 15) is 0 Å². The van der Waals surface area contributed by atoms with Crippen molar-refractivity contribution >= 4 is 42.8 Å². The highest BCUT2D eigenvalue weighted by Crippen LogP contribution is 2.32. The standard InChI is InChI=1S/C11H12S.C10H10S.C7H8/c1-7-5-4-6-10-11(7)8(2)9(3)12-10;1-7-4-3-5-10-9(7)6-8(2)11-10;1-7-5-3-2-4-6-7/h4-6H,1-3H3;3-6H,1-2H3;2-6H,1H3. The smallest absolute Gasteiger partial charge is 0.0350 e. The molecular weight excluding hydrogens is 400 g/mol. The maximum atomic E-state index is 2.26. The second kappa shape index (κ2) is 10.1. The first-order valence-corrected chi connectivity index (χ1v) is 11.9. The maximum absolute atomic E-state index is 2.26. The molecule has 0 saturated carbocycles. The molecule has 2 heteroatoms. The molecule has 0 unspecified atom stereocenters. The summed E-state index contributed by atoms with van der Waals surface area (Å²) >= 11 is 3.76. The predicted octanol–water partition coefficient (Wildman–Crippen LogP) is 9.34. The molecule has 0 N–H and O–H groups in total. The fraction of sp³-hybridized carbons (Fsp3) is 0.214. The number of rotatable bonds is 0. The summed E-state index contributed by atoms with van der Waals surface area (Å²) in [6.07, 6.45) is 0. The van der Waals surface area contributed by atoms with Crippen LogP contribution >= 0.6 is 22.7 Å². The zero-order chi connectivity index (χ0) is 21.7. The third-order valence-corrected chi connectivity index (χ3v) is 7.43. The highest BCUT2D eigenvalue weighted by Gasteiger charge is 2.05. The Labute approximate surface area is 188 Å². The van der Waals surface area contributed by atoms with Gasteiger partial charge in [0.05, 0.1) is 0 Å². The molecule has 0 aliphatic heterocycles. The Kier molecular flexibility index (Phi) is 7.47. The highest BCUT2D eigenvalue weighted by atomic mass is 32.1. The third kappa shape index (κ3) is 5.38. The van der Waals surface area contributed by atoms with Gasteiger partial charge >= 0.3 is 0 Å². The highest BCUT2D eigenvalue weighted by molar-refractivity contribution is 7.19. The molecule has 2 aromatic heterocycles. The molecule has 30 heavy (non-hydrogen) atoms. The summed E-state index contributed by atoms with van der Waals surface area (Å²) in [5, 5.41) is 2.87. The first kappa shape index (κ1) is 22.3. The Bertz CT molecular complexity index is 1240. The van der Waals surface area contributed by atoms with Crippen molar-refractivity contribution in [3.05, 3.63) is 105 Å². The maximum Gasteiger partial charge on any atom is 0.0350 e. The molecule has 5 rings (SSSR count). The lowest BCUT2D eigenvalue weighted by Crippen LogP contribution is -1.75. The quantitative estimate of drug-likeness (QED) is 0.229. The number of thiophene rings is 2. The van der Waals surface area contributed by atoms with E-state index in [1.807, 2.05) is 40.9 Å². The van der Waals surface area contributed by atoms with Gasteiger partial charge in [-0.25, -0.2) is 0 Å². The SMILES string of the molecule is Cc1cc2c(C)cccc2s1.Cc1ccccc1.Cc1sc2cccc(C)c2c1C. The van der Waals surface area contributed by atoms with Crippen LogP contribution in [0, 0.1) is 41.5 Å². The molecule has 0 bridgehead atoms. The van der Waals surface area contributed by atoms with E-state index in [-0.39, 0.29) is 0 Å². The largest absolute Gasteiger partial charge is 0.141 e. The average molecular weight is 431 g/mol. The lowest BCUT2D eigenvalue weighted by Gasteiger charge is -1.96. The van der Waals surface area contributed by atoms with Gasteiger partial charge in [-0.2, -0.15) is 0 Å². The van der Waals surface area contributed by atoms with Gasteiger partial charge in [0.15, 0.2) is 0 Å². The fourth-order valence-corrected chi connectivity index (χ4v) is 5.64. The zero-order valence-corrected chi connectivity index (χ0v) is 20.4. The van der Waals surface area contributed by atoms with Crippen LogP contribution in [0.5, 0.6) is 0 Å². The molecule has 0 radical (unpaired) electrons. The normalized spacial score (nSPS) is 10.3. The minimum absolute atomic E-state index is 1.32. The molecule has 3 aromatic carbocycles. The van der Waals surface area contributed by atoms with Gasteiger partial charge in [-0.05, 0) is 87.2 Å². The minimum atomic E-state index is 1.32. The first-order valence-electron chi connectivity index (χ1n) is 10.3. The van der Waals surface area contributed by atoms with Crippen molar-refractivity contribution in [3.63, 3.8) is 0 Å². The summed E-state index contributed by atoms with van der Waals surface area (Å²) in [6, 6.07) is 25.5. The third-order valence-electron chi connectivity index (χ3n) is 5.24. The van der Waals surface area contributed by atoms with Crippen LogP contribution in [-0.4, -0.2) is 0 Å². The Hall–Kier alpha value is -2.42. The summed E-state index contributed by atoms with van der Waals surface area (Å²) in [4.78, 5) is 2.84. The first-order chi connectivity index (χ1) is 14.4. The van der Waals surface area contributed by atoms with Gasteiger partial charge in [-0.15, -0.1) is 22.7 Å². The van der Waals surface area contributed by atoms with E-state index in [1.54, 1.807) is 0 Å². The monoisotopic (exact) mass is 430 g/mol. The Morgan fingerprint density at radius 2 is 1.20 bits per heavy atom. The molecule has 0 nitrogen and oxygen atoms in total.